The van der Waals surface area contributed by atoms with Crippen LogP contribution in [0.15, 0.2) is 34.9 Å². The maximum absolute atomic E-state index is 12.1. The highest BCUT2D eigenvalue weighted by Crippen LogP contribution is 2.24. The lowest BCUT2D eigenvalue weighted by Gasteiger charge is -2.10. The molecule has 1 aromatic carbocycles. The third kappa shape index (κ3) is 3.60. The molecule has 1 saturated heterocycles. The molecule has 0 radical (unpaired) electrons. The van der Waals surface area contributed by atoms with Crippen molar-refractivity contribution in [1.82, 2.24) is 4.98 Å². The lowest BCUT2D eigenvalue weighted by molar-refractivity contribution is -0.116. The molecule has 2 heterocycles. The molecule has 0 saturated carbocycles. The number of nitrogens with zero attached hydrogens (tertiary/aromatic N) is 1. The fourth-order valence-corrected chi connectivity index (χ4v) is 2.96. The summed E-state index contributed by atoms with van der Waals surface area (Å²) in [6, 6.07) is 7.78. The minimum Gasteiger partial charge on any atom is -0.378 e. The number of anilines is 1. The summed E-state index contributed by atoms with van der Waals surface area (Å²) in [5.74, 6) is 0.0164. The van der Waals surface area contributed by atoms with Gasteiger partial charge >= 0.3 is 0 Å². The average Bonchev–Trinajstić information content (AvgIpc) is 2.98. The van der Waals surface area contributed by atoms with E-state index in [1.165, 1.54) is 0 Å². The van der Waals surface area contributed by atoms with Crippen LogP contribution in [-0.4, -0.2) is 23.6 Å². The van der Waals surface area contributed by atoms with Crippen LogP contribution in [0.1, 0.15) is 25.7 Å². The standard InChI is InChI=1S/C16H17BrN2O2/c17-12-9-11-3-1-5-14(16(11)18-10-12)19-15(20)7-6-13-4-2-8-21-13/h1,3,5,9-10,13H,2,4,6-8H2,(H,19,20). The van der Waals surface area contributed by atoms with Crippen LogP contribution in [0.25, 0.3) is 10.9 Å². The summed E-state index contributed by atoms with van der Waals surface area (Å²) in [7, 11) is 0. The minimum absolute atomic E-state index is 0.0164. The quantitative estimate of drug-likeness (QED) is 0.911. The molecule has 0 bridgehead atoms. The van der Waals surface area contributed by atoms with E-state index in [0.717, 1.165) is 46.9 Å². The topological polar surface area (TPSA) is 51.2 Å². The summed E-state index contributed by atoms with van der Waals surface area (Å²) < 4.78 is 6.47. The number of amides is 1. The van der Waals surface area contributed by atoms with Crippen LogP contribution in [0.5, 0.6) is 0 Å². The highest BCUT2D eigenvalue weighted by molar-refractivity contribution is 9.10. The largest absolute Gasteiger partial charge is 0.378 e. The predicted molar refractivity (Wildman–Crippen MR) is 86.3 cm³/mol. The highest BCUT2D eigenvalue weighted by atomic mass is 79.9. The second kappa shape index (κ2) is 6.54. The first-order chi connectivity index (χ1) is 10.2. The molecule has 1 aliphatic heterocycles. The third-order valence-corrected chi connectivity index (χ3v) is 4.10. The number of pyridine rings is 1. The Morgan fingerprint density at radius 3 is 3.19 bits per heavy atom. The van der Waals surface area contributed by atoms with Crippen LogP contribution in [0, 0.1) is 0 Å². The van der Waals surface area contributed by atoms with Crippen molar-refractivity contribution in [1.29, 1.82) is 0 Å². The number of para-hydroxylation sites is 1. The Labute approximate surface area is 132 Å². The van der Waals surface area contributed by atoms with Crippen molar-refractivity contribution in [3.05, 3.63) is 34.9 Å². The first kappa shape index (κ1) is 14.5. The molecule has 1 atom stereocenters. The van der Waals surface area contributed by atoms with Crippen LogP contribution in [-0.2, 0) is 9.53 Å². The van der Waals surface area contributed by atoms with Gasteiger partial charge in [0.15, 0.2) is 0 Å². The highest BCUT2D eigenvalue weighted by Gasteiger charge is 2.17. The van der Waals surface area contributed by atoms with E-state index in [1.54, 1.807) is 6.20 Å². The zero-order valence-corrected chi connectivity index (χ0v) is 13.2. The maximum Gasteiger partial charge on any atom is 0.224 e. The Morgan fingerprint density at radius 2 is 2.38 bits per heavy atom. The summed E-state index contributed by atoms with van der Waals surface area (Å²) in [6.07, 6.45) is 5.43. The number of rotatable bonds is 4. The van der Waals surface area contributed by atoms with Crippen LogP contribution in [0.3, 0.4) is 0 Å². The summed E-state index contributed by atoms with van der Waals surface area (Å²) in [6.45, 7) is 0.828. The van der Waals surface area contributed by atoms with E-state index >= 15 is 0 Å². The summed E-state index contributed by atoms with van der Waals surface area (Å²) in [4.78, 5) is 16.5. The maximum atomic E-state index is 12.1. The van der Waals surface area contributed by atoms with E-state index < -0.39 is 0 Å². The fourth-order valence-electron chi connectivity index (χ4n) is 2.61. The van der Waals surface area contributed by atoms with Crippen molar-refractivity contribution in [2.24, 2.45) is 0 Å². The van der Waals surface area contributed by atoms with E-state index in [-0.39, 0.29) is 12.0 Å². The van der Waals surface area contributed by atoms with E-state index in [4.69, 9.17) is 4.74 Å². The molecule has 110 valence electrons. The van der Waals surface area contributed by atoms with Crippen molar-refractivity contribution in [3.8, 4) is 0 Å². The normalized spacial score (nSPS) is 18.0. The van der Waals surface area contributed by atoms with Gasteiger partial charge in [0, 0.05) is 29.1 Å². The Bertz CT molecular complexity index is 654. The molecule has 21 heavy (non-hydrogen) atoms. The summed E-state index contributed by atoms with van der Waals surface area (Å²) in [5.41, 5.74) is 1.57. The summed E-state index contributed by atoms with van der Waals surface area (Å²) in [5, 5.41) is 3.96. The molecular weight excluding hydrogens is 332 g/mol. The van der Waals surface area contributed by atoms with Gasteiger partial charge in [0.1, 0.15) is 0 Å². The Kier molecular flexibility index (Phi) is 4.51. The van der Waals surface area contributed by atoms with E-state index in [0.29, 0.717) is 6.42 Å². The number of fused-ring (bicyclic) bond motifs is 1. The first-order valence-electron chi connectivity index (χ1n) is 7.18. The molecule has 4 nitrogen and oxygen atoms in total. The smallest absolute Gasteiger partial charge is 0.224 e. The van der Waals surface area contributed by atoms with Gasteiger partial charge in [-0.15, -0.1) is 0 Å². The first-order valence-corrected chi connectivity index (χ1v) is 7.97. The predicted octanol–water partition coefficient (Wildman–Crippen LogP) is 3.90. The van der Waals surface area contributed by atoms with Crippen LogP contribution < -0.4 is 5.32 Å². The van der Waals surface area contributed by atoms with Crippen LogP contribution in [0.4, 0.5) is 5.69 Å². The number of hydrogen-bond acceptors (Lipinski definition) is 3. The van der Waals surface area contributed by atoms with Gasteiger partial charge in [-0.2, -0.15) is 0 Å². The number of aromatic nitrogens is 1. The zero-order valence-electron chi connectivity index (χ0n) is 11.6. The van der Waals surface area contributed by atoms with E-state index in [2.05, 4.69) is 26.2 Å². The van der Waals surface area contributed by atoms with Gasteiger partial charge in [-0.1, -0.05) is 12.1 Å². The third-order valence-electron chi connectivity index (χ3n) is 3.67. The molecule has 0 aliphatic carbocycles. The van der Waals surface area contributed by atoms with E-state index in [1.807, 2.05) is 24.3 Å². The minimum atomic E-state index is 0.0164. The molecule has 1 fully saturated rings. The number of ether oxygens (including phenoxy) is 1. The van der Waals surface area contributed by atoms with Gasteiger partial charge in [-0.05, 0) is 47.3 Å². The average molecular weight is 349 g/mol. The monoisotopic (exact) mass is 348 g/mol. The van der Waals surface area contributed by atoms with Crippen molar-refractivity contribution in [3.63, 3.8) is 0 Å². The summed E-state index contributed by atoms with van der Waals surface area (Å²) >= 11 is 3.41. The molecule has 1 unspecified atom stereocenters. The van der Waals surface area contributed by atoms with Crippen molar-refractivity contribution >= 4 is 38.4 Å². The Morgan fingerprint density at radius 1 is 1.48 bits per heavy atom. The molecule has 5 heteroatoms. The number of halogens is 1. The number of carbonyl (C=O) groups is 1. The molecule has 1 amide bonds. The lowest BCUT2D eigenvalue weighted by atomic mass is 10.1. The van der Waals surface area contributed by atoms with Gasteiger partial charge in [0.2, 0.25) is 5.91 Å². The fraction of sp³-hybridized carbons (Fsp3) is 0.375. The Hall–Kier alpha value is -1.46. The van der Waals surface area contributed by atoms with Crippen LogP contribution in [0.2, 0.25) is 0 Å². The molecular formula is C16H17BrN2O2. The lowest BCUT2D eigenvalue weighted by Crippen LogP contribution is -2.15. The van der Waals surface area contributed by atoms with Crippen LogP contribution >= 0.6 is 15.9 Å². The van der Waals surface area contributed by atoms with Crippen molar-refractivity contribution < 1.29 is 9.53 Å². The molecule has 1 N–H and O–H groups in total. The Balaban J connectivity index is 1.67. The molecule has 1 aromatic heterocycles. The zero-order chi connectivity index (χ0) is 14.7. The number of hydrogen-bond donors (Lipinski definition) is 1. The second-order valence-electron chi connectivity index (χ2n) is 5.25. The number of carbonyl (C=O) groups excluding carboxylic acids is 1. The van der Waals surface area contributed by atoms with Gasteiger partial charge < -0.3 is 10.1 Å². The van der Waals surface area contributed by atoms with Crippen molar-refractivity contribution in [2.45, 2.75) is 31.8 Å². The molecule has 1 aliphatic rings. The number of benzene rings is 1. The SMILES string of the molecule is O=C(CCC1CCCO1)Nc1cccc2cc(Br)cnc12. The van der Waals surface area contributed by atoms with Crippen molar-refractivity contribution in [2.75, 3.05) is 11.9 Å². The van der Waals surface area contributed by atoms with E-state index in [9.17, 15) is 4.79 Å². The van der Waals surface area contributed by atoms with Gasteiger partial charge in [-0.3, -0.25) is 9.78 Å². The molecule has 0 spiro atoms. The molecule has 3 rings (SSSR count). The number of nitrogens with one attached hydrogen (secondary N) is 1. The van der Waals surface area contributed by atoms with Gasteiger partial charge in [0.25, 0.3) is 0 Å². The van der Waals surface area contributed by atoms with Gasteiger partial charge in [-0.25, -0.2) is 0 Å². The second-order valence-corrected chi connectivity index (χ2v) is 6.17. The van der Waals surface area contributed by atoms with Gasteiger partial charge in [0.05, 0.1) is 17.3 Å². The molecule has 2 aromatic rings.